The van der Waals surface area contributed by atoms with Gasteiger partial charge in [0.2, 0.25) is 0 Å². The summed E-state index contributed by atoms with van der Waals surface area (Å²) in [5.41, 5.74) is 8.45. The molecule has 0 bridgehead atoms. The Hall–Kier alpha value is -2.54. The normalized spacial score (nSPS) is 13.8. The van der Waals surface area contributed by atoms with Crippen LogP contribution in [0.1, 0.15) is 34.5 Å². The van der Waals surface area contributed by atoms with Crippen LogP contribution in [-0.4, -0.2) is 16.7 Å². The van der Waals surface area contributed by atoms with Gasteiger partial charge in [0.1, 0.15) is 0 Å². The number of nitrogens with one attached hydrogen (secondary N) is 1. The fourth-order valence-corrected chi connectivity index (χ4v) is 2.51. The molecule has 0 radical (unpaired) electrons. The molecular weight excluding hydrogens is 240 g/mol. The zero-order valence-electron chi connectivity index (χ0n) is 10.2. The van der Waals surface area contributed by atoms with Crippen molar-refractivity contribution in [2.45, 2.75) is 19.3 Å². The van der Waals surface area contributed by atoms with Gasteiger partial charge in [-0.05, 0) is 42.5 Å². The van der Waals surface area contributed by atoms with Crippen LogP contribution in [0.3, 0.4) is 0 Å². The van der Waals surface area contributed by atoms with Gasteiger partial charge in [0, 0.05) is 22.9 Å². The number of aryl methyl sites for hydroxylation is 1. The Morgan fingerprint density at radius 1 is 1.32 bits per heavy atom. The Kier molecular flexibility index (Phi) is 2.60. The van der Waals surface area contributed by atoms with Crippen molar-refractivity contribution in [2.24, 2.45) is 5.73 Å². The fraction of sp³-hybridized carbons (Fsp3) is 0.200. The molecular formula is C15H12N2O2. The maximum atomic E-state index is 11.8. The van der Waals surface area contributed by atoms with E-state index in [0.717, 1.165) is 40.6 Å². The van der Waals surface area contributed by atoms with Crippen LogP contribution in [-0.2, 0) is 11.2 Å². The third-order valence-electron chi connectivity index (χ3n) is 3.35. The van der Waals surface area contributed by atoms with Gasteiger partial charge < -0.3 is 10.7 Å². The van der Waals surface area contributed by atoms with Gasteiger partial charge in [0.25, 0.3) is 5.91 Å². The van der Waals surface area contributed by atoms with Crippen molar-refractivity contribution in [1.29, 1.82) is 0 Å². The van der Waals surface area contributed by atoms with E-state index in [1.807, 2.05) is 18.2 Å². The van der Waals surface area contributed by atoms with E-state index in [4.69, 9.17) is 5.73 Å². The van der Waals surface area contributed by atoms with Crippen LogP contribution in [0.25, 0.3) is 10.9 Å². The fourth-order valence-electron chi connectivity index (χ4n) is 2.51. The van der Waals surface area contributed by atoms with Crippen LogP contribution in [0.15, 0.2) is 18.2 Å². The highest BCUT2D eigenvalue weighted by molar-refractivity contribution is 6.03. The second-order valence-electron chi connectivity index (χ2n) is 4.63. The van der Waals surface area contributed by atoms with E-state index in [-0.39, 0.29) is 5.78 Å². The average molecular weight is 252 g/mol. The quantitative estimate of drug-likeness (QED) is 0.697. The maximum absolute atomic E-state index is 11.8. The van der Waals surface area contributed by atoms with Gasteiger partial charge in [-0.1, -0.05) is 5.92 Å². The summed E-state index contributed by atoms with van der Waals surface area (Å²) in [5, 5.41) is 1.01. The topological polar surface area (TPSA) is 76.0 Å². The lowest BCUT2D eigenvalue weighted by atomic mass is 9.94. The number of ketones is 1. The molecule has 4 heteroatoms. The van der Waals surface area contributed by atoms with Crippen molar-refractivity contribution in [3.8, 4) is 11.8 Å². The molecule has 0 atom stereocenters. The van der Waals surface area contributed by atoms with Crippen LogP contribution in [0, 0.1) is 11.8 Å². The molecule has 19 heavy (non-hydrogen) atoms. The van der Waals surface area contributed by atoms with Crippen LogP contribution < -0.4 is 5.73 Å². The van der Waals surface area contributed by atoms with E-state index in [2.05, 4.69) is 16.8 Å². The van der Waals surface area contributed by atoms with Gasteiger partial charge in [-0.25, -0.2) is 0 Å². The van der Waals surface area contributed by atoms with Gasteiger partial charge >= 0.3 is 0 Å². The first-order chi connectivity index (χ1) is 9.15. The number of primary amides is 1. The Labute approximate surface area is 110 Å². The van der Waals surface area contributed by atoms with E-state index in [1.54, 1.807) is 0 Å². The summed E-state index contributed by atoms with van der Waals surface area (Å²) in [5.74, 6) is 4.56. The average Bonchev–Trinajstić information content (AvgIpc) is 2.76. The largest absolute Gasteiger partial charge is 0.359 e. The molecule has 3 rings (SSSR count). The number of hydrogen-bond acceptors (Lipinski definition) is 2. The number of aromatic amines is 1. The number of fused-ring (bicyclic) bond motifs is 3. The van der Waals surface area contributed by atoms with Gasteiger partial charge in [-0.15, -0.1) is 0 Å². The number of H-pyrrole nitrogens is 1. The number of carbonyl (C=O) groups is 2. The van der Waals surface area contributed by atoms with Gasteiger partial charge in [-0.3, -0.25) is 9.59 Å². The zero-order valence-corrected chi connectivity index (χ0v) is 10.2. The predicted molar refractivity (Wildman–Crippen MR) is 71.6 cm³/mol. The van der Waals surface area contributed by atoms with Gasteiger partial charge in [0.05, 0.1) is 5.69 Å². The minimum absolute atomic E-state index is 0.169. The number of rotatable bonds is 0. The maximum Gasteiger partial charge on any atom is 0.293 e. The van der Waals surface area contributed by atoms with Crippen molar-refractivity contribution in [3.63, 3.8) is 0 Å². The molecule has 1 aromatic heterocycles. The minimum atomic E-state index is -0.647. The molecule has 0 saturated heterocycles. The molecule has 1 aliphatic rings. The molecule has 4 nitrogen and oxygen atoms in total. The lowest BCUT2D eigenvalue weighted by Crippen LogP contribution is -2.09. The molecule has 1 aliphatic carbocycles. The van der Waals surface area contributed by atoms with Crippen LogP contribution >= 0.6 is 0 Å². The van der Waals surface area contributed by atoms with E-state index >= 15 is 0 Å². The van der Waals surface area contributed by atoms with E-state index < -0.39 is 5.91 Å². The first-order valence-corrected chi connectivity index (χ1v) is 6.14. The summed E-state index contributed by atoms with van der Waals surface area (Å²) >= 11 is 0. The third-order valence-corrected chi connectivity index (χ3v) is 3.35. The number of aromatic nitrogens is 1. The van der Waals surface area contributed by atoms with E-state index in [0.29, 0.717) is 6.42 Å². The number of carbonyl (C=O) groups excluding carboxylic acids is 2. The highest BCUT2D eigenvalue weighted by Gasteiger charge is 2.21. The lowest BCUT2D eigenvalue weighted by molar-refractivity contribution is -0.112. The summed E-state index contributed by atoms with van der Waals surface area (Å²) in [6.07, 6.45) is 2.39. The summed E-state index contributed by atoms with van der Waals surface area (Å²) in [4.78, 5) is 25.7. The Morgan fingerprint density at radius 3 is 2.95 bits per heavy atom. The van der Waals surface area contributed by atoms with Crippen LogP contribution in [0.4, 0.5) is 0 Å². The van der Waals surface area contributed by atoms with Crippen molar-refractivity contribution >= 4 is 22.6 Å². The molecule has 0 spiro atoms. The van der Waals surface area contributed by atoms with Gasteiger partial charge in [0.15, 0.2) is 5.78 Å². The Bertz CT molecular complexity index is 760. The molecule has 0 unspecified atom stereocenters. The number of benzene rings is 1. The van der Waals surface area contributed by atoms with E-state index in [9.17, 15) is 9.59 Å². The molecule has 3 N–H and O–H groups in total. The number of nitrogens with two attached hydrogens (primary N) is 1. The van der Waals surface area contributed by atoms with Crippen molar-refractivity contribution in [3.05, 3.63) is 35.0 Å². The number of hydrogen-bond donors (Lipinski definition) is 2. The second-order valence-corrected chi connectivity index (χ2v) is 4.63. The molecule has 0 saturated carbocycles. The van der Waals surface area contributed by atoms with Gasteiger partial charge in [-0.2, -0.15) is 0 Å². The summed E-state index contributed by atoms with van der Waals surface area (Å²) in [6, 6.07) is 5.59. The predicted octanol–water partition coefficient (Wildman–Crippen LogP) is 1.52. The molecule has 1 aromatic carbocycles. The number of amides is 1. The Balaban J connectivity index is 2.16. The minimum Gasteiger partial charge on any atom is -0.359 e. The second kappa shape index (κ2) is 4.29. The highest BCUT2D eigenvalue weighted by atomic mass is 16.1. The lowest BCUT2D eigenvalue weighted by Gasteiger charge is -2.09. The molecule has 2 aromatic rings. The summed E-state index contributed by atoms with van der Waals surface area (Å²) in [7, 11) is 0. The van der Waals surface area contributed by atoms with Crippen LogP contribution in [0.5, 0.6) is 0 Å². The summed E-state index contributed by atoms with van der Waals surface area (Å²) in [6.45, 7) is 0. The third kappa shape index (κ3) is 2.00. The number of Topliss-reactive ketones (excluding diaryl/α,β-unsaturated/α-hetero) is 1. The first kappa shape index (κ1) is 11.5. The van der Waals surface area contributed by atoms with E-state index in [1.165, 1.54) is 0 Å². The standard InChI is InChI=1S/C15H12N2O2/c16-14(19)7-5-9-4-6-12-11(8-9)10-2-1-3-13(18)15(10)17-12/h4,6,8,17H,1-3H2,(H2,16,19). The van der Waals surface area contributed by atoms with Crippen LogP contribution in [0.2, 0.25) is 0 Å². The van der Waals surface area contributed by atoms with Crippen molar-refractivity contribution < 1.29 is 9.59 Å². The Morgan fingerprint density at radius 2 is 2.16 bits per heavy atom. The molecule has 1 amide bonds. The molecule has 94 valence electrons. The highest BCUT2D eigenvalue weighted by Crippen LogP contribution is 2.29. The smallest absolute Gasteiger partial charge is 0.293 e. The summed E-state index contributed by atoms with van der Waals surface area (Å²) < 4.78 is 0. The molecule has 0 fully saturated rings. The molecule has 1 heterocycles. The molecule has 0 aliphatic heterocycles. The monoisotopic (exact) mass is 252 g/mol. The van der Waals surface area contributed by atoms with Crippen molar-refractivity contribution in [1.82, 2.24) is 4.98 Å². The SMILES string of the molecule is NC(=O)C#Cc1ccc2[nH]c3c(c2c1)CCCC3=O. The zero-order chi connectivity index (χ0) is 13.4. The van der Waals surface area contributed by atoms with Crippen molar-refractivity contribution in [2.75, 3.05) is 0 Å². The first-order valence-electron chi connectivity index (χ1n) is 6.14.